The first kappa shape index (κ1) is 13.3. The molecule has 0 spiro atoms. The van der Waals surface area contributed by atoms with Crippen LogP contribution in [0.4, 0.5) is 5.69 Å². The Bertz CT molecular complexity index is 748. The van der Waals surface area contributed by atoms with Gasteiger partial charge >= 0.3 is 0 Å². The molecule has 0 bridgehead atoms. The number of anilines is 1. The molecule has 0 saturated heterocycles. The van der Waals surface area contributed by atoms with Crippen LogP contribution < -0.4 is 5.32 Å². The van der Waals surface area contributed by atoms with Crippen molar-refractivity contribution in [3.05, 3.63) is 76.3 Å². The molecule has 0 unspecified atom stereocenters. The number of nitrogens with one attached hydrogen (secondary N) is 1. The Labute approximate surface area is 128 Å². The van der Waals surface area contributed by atoms with Crippen molar-refractivity contribution < 1.29 is 0 Å². The first-order valence-corrected chi connectivity index (χ1v) is 7.15. The minimum absolute atomic E-state index is 0.676. The molecule has 0 aliphatic rings. The quantitative estimate of drug-likeness (QED) is 0.648. The van der Waals surface area contributed by atoms with Gasteiger partial charge in [-0.3, -0.25) is 0 Å². The fourth-order valence-electron chi connectivity index (χ4n) is 2.27. The molecule has 0 heterocycles. The number of benzene rings is 3. The summed E-state index contributed by atoms with van der Waals surface area (Å²) in [6.07, 6.45) is 0. The number of hydrogen-bond acceptors (Lipinski definition) is 1. The van der Waals surface area contributed by atoms with Crippen molar-refractivity contribution in [1.29, 1.82) is 0 Å². The maximum absolute atomic E-state index is 6.16. The zero-order valence-corrected chi connectivity index (χ0v) is 12.2. The largest absolute Gasteiger partial charge is 0.380 e. The van der Waals surface area contributed by atoms with E-state index in [4.69, 9.17) is 23.2 Å². The second-order valence-corrected chi connectivity index (χ2v) is 5.46. The molecule has 0 atom stereocenters. The fourth-order valence-corrected chi connectivity index (χ4v) is 2.63. The van der Waals surface area contributed by atoms with Crippen molar-refractivity contribution in [2.24, 2.45) is 0 Å². The molecule has 0 saturated carbocycles. The third-order valence-electron chi connectivity index (χ3n) is 3.28. The molecule has 3 rings (SSSR count). The summed E-state index contributed by atoms with van der Waals surface area (Å²) in [7, 11) is 0. The van der Waals surface area contributed by atoms with E-state index in [1.807, 2.05) is 12.1 Å². The smallest absolute Gasteiger partial charge is 0.0638 e. The predicted octanol–water partition coefficient (Wildman–Crippen LogP) is 5.76. The minimum atomic E-state index is 0.676. The zero-order valence-electron chi connectivity index (χ0n) is 10.7. The minimum Gasteiger partial charge on any atom is -0.380 e. The van der Waals surface area contributed by atoms with E-state index in [1.165, 1.54) is 16.3 Å². The Hall–Kier alpha value is -1.70. The van der Waals surface area contributed by atoms with Crippen molar-refractivity contribution >= 4 is 39.7 Å². The van der Waals surface area contributed by atoms with Gasteiger partial charge in [-0.2, -0.15) is 0 Å². The number of hydrogen-bond donors (Lipinski definition) is 1. The maximum Gasteiger partial charge on any atom is 0.0638 e. The van der Waals surface area contributed by atoms with Gasteiger partial charge in [0.2, 0.25) is 0 Å². The van der Waals surface area contributed by atoms with Crippen LogP contribution in [0.2, 0.25) is 10.0 Å². The molecule has 3 aromatic rings. The highest BCUT2D eigenvalue weighted by atomic mass is 35.5. The first-order chi connectivity index (χ1) is 9.74. The number of halogens is 2. The highest BCUT2D eigenvalue weighted by Gasteiger charge is 2.03. The van der Waals surface area contributed by atoms with E-state index in [-0.39, 0.29) is 0 Å². The third-order valence-corrected chi connectivity index (χ3v) is 3.84. The Kier molecular flexibility index (Phi) is 3.81. The van der Waals surface area contributed by atoms with Crippen molar-refractivity contribution in [2.45, 2.75) is 6.54 Å². The number of rotatable bonds is 3. The van der Waals surface area contributed by atoms with Gasteiger partial charge in [0.05, 0.1) is 10.7 Å². The standard InChI is InChI=1S/C17H13Cl2N/c18-14-8-9-16(19)17(10-14)20-11-13-6-3-5-12-4-1-2-7-15(12)13/h1-10,20H,11H2. The van der Waals surface area contributed by atoms with Crippen molar-refractivity contribution in [2.75, 3.05) is 5.32 Å². The van der Waals surface area contributed by atoms with Crippen LogP contribution in [0.15, 0.2) is 60.7 Å². The maximum atomic E-state index is 6.16. The van der Waals surface area contributed by atoms with Gasteiger partial charge in [-0.15, -0.1) is 0 Å². The Balaban J connectivity index is 1.89. The van der Waals surface area contributed by atoms with Crippen molar-refractivity contribution in [1.82, 2.24) is 0 Å². The lowest BCUT2D eigenvalue weighted by Crippen LogP contribution is -2.00. The van der Waals surface area contributed by atoms with E-state index in [2.05, 4.69) is 41.7 Å². The Morgan fingerprint density at radius 2 is 1.65 bits per heavy atom. The van der Waals surface area contributed by atoms with Gasteiger partial charge in [0, 0.05) is 11.6 Å². The molecule has 0 aromatic heterocycles. The molecule has 3 heteroatoms. The predicted molar refractivity (Wildman–Crippen MR) is 87.7 cm³/mol. The van der Waals surface area contributed by atoms with E-state index in [0.717, 1.165) is 5.69 Å². The molecular formula is C17H13Cl2N. The van der Waals surface area contributed by atoms with Crippen LogP contribution in [-0.4, -0.2) is 0 Å². The highest BCUT2D eigenvalue weighted by Crippen LogP contribution is 2.27. The lowest BCUT2D eigenvalue weighted by molar-refractivity contribution is 1.17. The lowest BCUT2D eigenvalue weighted by atomic mass is 10.0. The molecule has 0 fully saturated rings. The first-order valence-electron chi connectivity index (χ1n) is 6.39. The molecule has 1 nitrogen and oxygen atoms in total. The summed E-state index contributed by atoms with van der Waals surface area (Å²) >= 11 is 12.2. The van der Waals surface area contributed by atoms with Crippen molar-refractivity contribution in [3.8, 4) is 0 Å². The van der Waals surface area contributed by atoms with Crippen LogP contribution in [-0.2, 0) is 6.54 Å². The van der Waals surface area contributed by atoms with E-state index < -0.39 is 0 Å². The molecule has 1 N–H and O–H groups in total. The summed E-state index contributed by atoms with van der Waals surface area (Å²) in [6.45, 7) is 0.710. The molecule has 0 aliphatic heterocycles. The number of fused-ring (bicyclic) bond motifs is 1. The Morgan fingerprint density at radius 3 is 2.55 bits per heavy atom. The van der Waals surface area contributed by atoms with E-state index >= 15 is 0 Å². The molecule has 20 heavy (non-hydrogen) atoms. The summed E-state index contributed by atoms with van der Waals surface area (Å²) in [5.41, 5.74) is 2.09. The summed E-state index contributed by atoms with van der Waals surface area (Å²) in [6, 6.07) is 20.1. The summed E-state index contributed by atoms with van der Waals surface area (Å²) in [5.74, 6) is 0. The molecule has 0 amide bonds. The normalized spacial score (nSPS) is 10.7. The second-order valence-electron chi connectivity index (χ2n) is 4.62. The fraction of sp³-hybridized carbons (Fsp3) is 0.0588. The van der Waals surface area contributed by atoms with Gasteiger partial charge in [-0.25, -0.2) is 0 Å². The monoisotopic (exact) mass is 301 g/mol. The van der Waals surface area contributed by atoms with Gasteiger partial charge < -0.3 is 5.32 Å². The van der Waals surface area contributed by atoms with Gasteiger partial charge in [0.15, 0.2) is 0 Å². The summed E-state index contributed by atoms with van der Waals surface area (Å²) < 4.78 is 0. The lowest BCUT2D eigenvalue weighted by Gasteiger charge is -2.11. The summed E-state index contributed by atoms with van der Waals surface area (Å²) in [4.78, 5) is 0. The highest BCUT2D eigenvalue weighted by molar-refractivity contribution is 6.35. The van der Waals surface area contributed by atoms with Crippen LogP contribution in [0.5, 0.6) is 0 Å². The van der Waals surface area contributed by atoms with Crippen LogP contribution in [0.25, 0.3) is 10.8 Å². The molecular weight excluding hydrogens is 289 g/mol. The average molecular weight is 302 g/mol. The molecule has 100 valence electrons. The molecule has 0 radical (unpaired) electrons. The van der Waals surface area contributed by atoms with Crippen LogP contribution in [0.1, 0.15) is 5.56 Å². The summed E-state index contributed by atoms with van der Waals surface area (Å²) in [5, 5.41) is 7.19. The topological polar surface area (TPSA) is 12.0 Å². The third kappa shape index (κ3) is 2.74. The second kappa shape index (κ2) is 5.74. The zero-order chi connectivity index (χ0) is 13.9. The van der Waals surface area contributed by atoms with Crippen molar-refractivity contribution in [3.63, 3.8) is 0 Å². The van der Waals surface area contributed by atoms with E-state index in [0.29, 0.717) is 16.6 Å². The van der Waals surface area contributed by atoms with Gasteiger partial charge in [0.25, 0.3) is 0 Å². The van der Waals surface area contributed by atoms with E-state index in [1.54, 1.807) is 12.1 Å². The molecule has 3 aromatic carbocycles. The van der Waals surface area contributed by atoms with E-state index in [9.17, 15) is 0 Å². The Morgan fingerprint density at radius 1 is 0.850 bits per heavy atom. The van der Waals surface area contributed by atoms with Gasteiger partial charge in [0.1, 0.15) is 0 Å². The van der Waals surface area contributed by atoms with Gasteiger partial charge in [-0.1, -0.05) is 65.7 Å². The SMILES string of the molecule is Clc1ccc(Cl)c(NCc2cccc3ccccc23)c1. The van der Waals surface area contributed by atoms with Gasteiger partial charge in [-0.05, 0) is 34.5 Å². The molecule has 0 aliphatic carbocycles. The van der Waals surface area contributed by atoms with Crippen LogP contribution >= 0.6 is 23.2 Å². The average Bonchev–Trinajstić information content (AvgIpc) is 2.48. The van der Waals surface area contributed by atoms with Crippen LogP contribution in [0, 0.1) is 0 Å². The van der Waals surface area contributed by atoms with Crippen LogP contribution in [0.3, 0.4) is 0 Å².